The van der Waals surface area contributed by atoms with Crippen LogP contribution in [0.1, 0.15) is 0 Å². The number of alkyl halides is 3. The molecule has 0 heterocycles. The number of ether oxygens (including phenoxy) is 1. The second-order valence-corrected chi connectivity index (χ2v) is 4.56. The summed E-state index contributed by atoms with van der Waals surface area (Å²) < 4.78 is 40.1. The number of rotatable bonds is 3. The predicted molar refractivity (Wildman–Crippen MR) is 57.0 cm³/mol. The van der Waals surface area contributed by atoms with E-state index in [4.69, 9.17) is 0 Å². The molecule has 0 saturated heterocycles. The zero-order chi connectivity index (χ0) is 12.2. The Balaban J connectivity index is 2.36. The summed E-state index contributed by atoms with van der Waals surface area (Å²) in [5, 5.41) is 0. The highest BCUT2D eigenvalue weighted by Gasteiger charge is 2.40. The topological polar surface area (TPSA) is 26.3 Å². The monoisotopic (exact) mass is 314 g/mol. The van der Waals surface area contributed by atoms with E-state index in [0.29, 0.717) is 0 Å². The van der Waals surface area contributed by atoms with Gasteiger partial charge in [-0.15, -0.1) is 0 Å². The zero-order valence-corrected chi connectivity index (χ0v) is 10.2. The van der Waals surface area contributed by atoms with Gasteiger partial charge in [-0.1, -0.05) is 27.7 Å². The van der Waals surface area contributed by atoms with Crippen LogP contribution in [0.15, 0.2) is 33.6 Å². The Hall–Kier alpha value is -0.690. The van der Waals surface area contributed by atoms with Crippen molar-refractivity contribution in [3.05, 3.63) is 28.7 Å². The van der Waals surface area contributed by atoms with Gasteiger partial charge in [0.25, 0.3) is 0 Å². The minimum atomic E-state index is -4.93. The van der Waals surface area contributed by atoms with Crippen LogP contribution in [-0.4, -0.2) is 18.1 Å². The standard InChI is InChI=1S/C9H6BrF3O2S/c10-6-1-3-7(4-2-6)16-5-15-8(14)9(11,12)13/h1-4H,5H2. The lowest BCUT2D eigenvalue weighted by Crippen LogP contribution is -2.25. The first-order valence-corrected chi connectivity index (χ1v) is 5.80. The number of hydrogen-bond acceptors (Lipinski definition) is 3. The van der Waals surface area contributed by atoms with Crippen molar-refractivity contribution < 1.29 is 22.7 Å². The number of carbonyl (C=O) groups excluding carboxylic acids is 1. The third-order valence-corrected chi connectivity index (χ3v) is 2.83. The van der Waals surface area contributed by atoms with Crippen molar-refractivity contribution in [2.45, 2.75) is 11.1 Å². The van der Waals surface area contributed by atoms with Crippen LogP contribution < -0.4 is 0 Å². The van der Waals surface area contributed by atoms with Crippen LogP contribution in [0.25, 0.3) is 0 Å². The molecule has 0 radical (unpaired) electrons. The molecule has 0 fully saturated rings. The van der Waals surface area contributed by atoms with Crippen molar-refractivity contribution in [1.82, 2.24) is 0 Å². The maximum absolute atomic E-state index is 11.7. The molecule has 16 heavy (non-hydrogen) atoms. The van der Waals surface area contributed by atoms with Gasteiger partial charge in [-0.25, -0.2) is 4.79 Å². The van der Waals surface area contributed by atoms with E-state index >= 15 is 0 Å². The first kappa shape index (κ1) is 13.4. The Morgan fingerprint density at radius 3 is 2.38 bits per heavy atom. The van der Waals surface area contributed by atoms with Crippen LogP contribution in [0.2, 0.25) is 0 Å². The number of hydrogen-bond donors (Lipinski definition) is 0. The SMILES string of the molecule is O=C(OCSc1ccc(Br)cc1)C(F)(F)F. The average molecular weight is 315 g/mol. The van der Waals surface area contributed by atoms with Crippen LogP contribution in [0.4, 0.5) is 13.2 Å². The van der Waals surface area contributed by atoms with Crippen LogP contribution >= 0.6 is 27.7 Å². The molecule has 2 nitrogen and oxygen atoms in total. The van der Waals surface area contributed by atoms with Crippen LogP contribution in [0.3, 0.4) is 0 Å². The van der Waals surface area contributed by atoms with Gasteiger partial charge >= 0.3 is 12.1 Å². The molecule has 7 heteroatoms. The fraction of sp³-hybridized carbons (Fsp3) is 0.222. The lowest BCUT2D eigenvalue weighted by Gasteiger charge is -2.06. The van der Waals surface area contributed by atoms with Gasteiger partial charge in [0.15, 0.2) is 0 Å². The molecule has 0 atom stereocenters. The highest BCUT2D eigenvalue weighted by Crippen LogP contribution is 2.22. The Morgan fingerprint density at radius 1 is 1.31 bits per heavy atom. The Labute approximate surface area is 102 Å². The van der Waals surface area contributed by atoms with Gasteiger partial charge in [0.05, 0.1) is 0 Å². The van der Waals surface area contributed by atoms with Crippen LogP contribution in [0.5, 0.6) is 0 Å². The molecule has 0 bridgehead atoms. The lowest BCUT2D eigenvalue weighted by molar-refractivity contribution is -0.197. The summed E-state index contributed by atoms with van der Waals surface area (Å²) in [5.41, 5.74) is 0. The van der Waals surface area contributed by atoms with Crippen molar-refractivity contribution in [3.63, 3.8) is 0 Å². The number of esters is 1. The largest absolute Gasteiger partial charge is 0.490 e. The average Bonchev–Trinajstić information content (AvgIpc) is 2.19. The van der Waals surface area contributed by atoms with Crippen molar-refractivity contribution in [2.75, 3.05) is 5.94 Å². The van der Waals surface area contributed by atoms with Crippen molar-refractivity contribution in [2.24, 2.45) is 0 Å². The van der Waals surface area contributed by atoms with Gasteiger partial charge in [-0.3, -0.25) is 0 Å². The van der Waals surface area contributed by atoms with Crippen molar-refractivity contribution in [1.29, 1.82) is 0 Å². The normalized spacial score (nSPS) is 11.2. The van der Waals surface area contributed by atoms with E-state index in [1.165, 1.54) is 0 Å². The number of thioether (sulfide) groups is 1. The summed E-state index contributed by atoms with van der Waals surface area (Å²) in [7, 11) is 0. The zero-order valence-electron chi connectivity index (χ0n) is 7.75. The molecule has 0 aliphatic carbocycles. The van der Waals surface area contributed by atoms with E-state index in [-0.39, 0.29) is 5.94 Å². The smallest absolute Gasteiger partial charge is 0.448 e. The first-order chi connectivity index (χ1) is 7.39. The third kappa shape index (κ3) is 4.44. The molecule has 0 unspecified atom stereocenters. The molecule has 0 saturated carbocycles. The Bertz CT molecular complexity index is 364. The molecule has 0 spiro atoms. The van der Waals surface area contributed by atoms with E-state index in [0.717, 1.165) is 21.1 Å². The first-order valence-electron chi connectivity index (χ1n) is 4.02. The fourth-order valence-electron chi connectivity index (χ4n) is 0.764. The molecule has 1 aromatic rings. The lowest BCUT2D eigenvalue weighted by atomic mass is 10.4. The summed E-state index contributed by atoms with van der Waals surface area (Å²) in [6.07, 6.45) is -4.93. The number of benzene rings is 1. The predicted octanol–water partition coefficient (Wildman–Crippen LogP) is 3.60. The number of carbonyl (C=O) groups is 1. The molecule has 1 aromatic carbocycles. The van der Waals surface area contributed by atoms with E-state index in [1.807, 2.05) is 0 Å². The van der Waals surface area contributed by atoms with E-state index in [2.05, 4.69) is 20.7 Å². The number of halogens is 4. The van der Waals surface area contributed by atoms with Gasteiger partial charge in [0, 0.05) is 9.37 Å². The second-order valence-electron chi connectivity index (χ2n) is 2.65. The molecule has 0 amide bonds. The summed E-state index contributed by atoms with van der Waals surface area (Å²) in [5.74, 6) is -2.53. The van der Waals surface area contributed by atoms with Gasteiger partial charge in [0.1, 0.15) is 5.94 Å². The molecule has 88 valence electrons. The van der Waals surface area contributed by atoms with E-state index in [9.17, 15) is 18.0 Å². The van der Waals surface area contributed by atoms with Crippen molar-refractivity contribution >= 4 is 33.7 Å². The van der Waals surface area contributed by atoms with Crippen LogP contribution in [-0.2, 0) is 9.53 Å². The van der Waals surface area contributed by atoms with Crippen molar-refractivity contribution in [3.8, 4) is 0 Å². The highest BCUT2D eigenvalue weighted by atomic mass is 79.9. The molecular formula is C9H6BrF3O2S. The second kappa shape index (κ2) is 5.58. The third-order valence-electron chi connectivity index (χ3n) is 1.46. The van der Waals surface area contributed by atoms with Gasteiger partial charge in [-0.2, -0.15) is 13.2 Å². The van der Waals surface area contributed by atoms with E-state index in [1.54, 1.807) is 24.3 Å². The molecule has 1 rings (SSSR count). The summed E-state index contributed by atoms with van der Waals surface area (Å²) in [6, 6.07) is 6.90. The highest BCUT2D eigenvalue weighted by molar-refractivity contribution is 9.10. The summed E-state index contributed by atoms with van der Waals surface area (Å²) in [4.78, 5) is 11.1. The van der Waals surface area contributed by atoms with E-state index < -0.39 is 12.1 Å². The molecular weight excluding hydrogens is 309 g/mol. The molecule has 0 aliphatic rings. The maximum atomic E-state index is 11.7. The fourth-order valence-corrected chi connectivity index (χ4v) is 1.66. The quantitative estimate of drug-likeness (QED) is 0.484. The Morgan fingerprint density at radius 2 is 1.88 bits per heavy atom. The minimum absolute atomic E-state index is 0.361. The van der Waals surface area contributed by atoms with Gasteiger partial charge in [-0.05, 0) is 24.3 Å². The van der Waals surface area contributed by atoms with Gasteiger partial charge < -0.3 is 4.74 Å². The van der Waals surface area contributed by atoms with Crippen LogP contribution in [0, 0.1) is 0 Å². The summed E-state index contributed by atoms with van der Waals surface area (Å²) in [6.45, 7) is 0. The molecule has 0 aliphatic heterocycles. The minimum Gasteiger partial charge on any atom is -0.448 e. The summed E-state index contributed by atoms with van der Waals surface area (Å²) >= 11 is 4.23. The molecule has 0 aromatic heterocycles. The molecule has 0 N–H and O–H groups in total. The Kier molecular flexibility index (Phi) is 4.67. The van der Waals surface area contributed by atoms with Gasteiger partial charge in [0.2, 0.25) is 0 Å². The maximum Gasteiger partial charge on any atom is 0.490 e.